The predicted molar refractivity (Wildman–Crippen MR) is 136 cm³/mol. The van der Waals surface area contributed by atoms with Gasteiger partial charge in [0.15, 0.2) is 5.65 Å². The number of anilines is 1. The number of nitrogens with one attached hydrogen (secondary N) is 2. The summed E-state index contributed by atoms with van der Waals surface area (Å²) in [5.74, 6) is 0.388. The van der Waals surface area contributed by atoms with Crippen LogP contribution in [0.2, 0.25) is 5.02 Å². The summed E-state index contributed by atoms with van der Waals surface area (Å²) in [7, 11) is 0. The molecule has 12 heteroatoms. The molecule has 0 saturated carbocycles. The summed E-state index contributed by atoms with van der Waals surface area (Å²) in [6.07, 6.45) is 3.32. The summed E-state index contributed by atoms with van der Waals surface area (Å²) >= 11 is 6.39. The smallest absolute Gasteiger partial charge is 0.336 e. The number of benzene rings is 1. The van der Waals surface area contributed by atoms with Gasteiger partial charge in [0.2, 0.25) is 5.95 Å². The van der Waals surface area contributed by atoms with Crippen molar-refractivity contribution in [3.05, 3.63) is 51.9 Å². The molecule has 186 valence electrons. The van der Waals surface area contributed by atoms with E-state index in [4.69, 9.17) is 21.1 Å². The molecule has 3 aromatic rings. The molecule has 10 nitrogen and oxygen atoms in total. The molecule has 0 spiro atoms. The molecule has 0 bridgehead atoms. The number of hydrogen-bond acceptors (Lipinski definition) is 7. The lowest BCUT2D eigenvalue weighted by Crippen LogP contribution is -2.47. The first-order valence-electron chi connectivity index (χ1n) is 11.3. The first kappa shape index (κ1) is 25.2. The van der Waals surface area contributed by atoms with Gasteiger partial charge in [0.25, 0.3) is 5.56 Å². The van der Waals surface area contributed by atoms with Gasteiger partial charge >= 0.3 is 6.03 Å². The number of urea groups is 1. The Morgan fingerprint density at radius 2 is 1.77 bits per heavy atom. The van der Waals surface area contributed by atoms with Crippen molar-refractivity contribution in [2.45, 2.75) is 18.9 Å². The molecule has 5 rings (SSSR count). The highest BCUT2D eigenvalue weighted by atomic mass is 35.5. The Morgan fingerprint density at radius 3 is 2.51 bits per heavy atom. The third-order valence-corrected chi connectivity index (χ3v) is 6.29. The van der Waals surface area contributed by atoms with Crippen LogP contribution in [0.3, 0.4) is 0 Å². The number of fused-ring (bicyclic) bond motifs is 1. The van der Waals surface area contributed by atoms with E-state index in [1.165, 1.54) is 4.68 Å². The van der Waals surface area contributed by atoms with Crippen LogP contribution >= 0.6 is 24.0 Å². The third kappa shape index (κ3) is 5.51. The lowest BCUT2D eigenvalue weighted by molar-refractivity contribution is 0.0558. The zero-order valence-corrected chi connectivity index (χ0v) is 20.5. The van der Waals surface area contributed by atoms with Crippen LogP contribution in [-0.4, -0.2) is 71.1 Å². The number of aromatic nitrogens is 3. The Morgan fingerprint density at radius 1 is 1.06 bits per heavy atom. The Balaban J connectivity index is 0.00000289. The summed E-state index contributed by atoms with van der Waals surface area (Å²) in [6.45, 7) is 3.12. The first-order valence-corrected chi connectivity index (χ1v) is 11.6. The topological polar surface area (TPSA) is 111 Å². The summed E-state index contributed by atoms with van der Waals surface area (Å²) in [6, 6.07) is 8.56. The number of morpholine rings is 1. The molecule has 0 atom stereocenters. The largest absolute Gasteiger partial charge is 0.381 e. The normalized spacial score (nSPS) is 16.5. The number of pyridine rings is 1. The maximum atomic E-state index is 13.6. The lowest BCUT2D eigenvalue weighted by atomic mass is 10.1. The maximum Gasteiger partial charge on any atom is 0.336 e. The number of carbonyl (C=O) groups excluding carboxylic acids is 1. The molecule has 2 aliphatic rings. The van der Waals surface area contributed by atoms with Crippen molar-refractivity contribution in [1.82, 2.24) is 19.5 Å². The van der Waals surface area contributed by atoms with Crippen molar-refractivity contribution in [1.29, 1.82) is 0 Å². The second-order valence-corrected chi connectivity index (χ2v) is 8.61. The second-order valence-electron chi connectivity index (χ2n) is 8.20. The van der Waals surface area contributed by atoms with Gasteiger partial charge in [-0.2, -0.15) is 9.66 Å². The van der Waals surface area contributed by atoms with E-state index in [9.17, 15) is 9.59 Å². The third-order valence-electron chi connectivity index (χ3n) is 5.97. The van der Waals surface area contributed by atoms with Crippen LogP contribution in [0.1, 0.15) is 12.8 Å². The SMILES string of the molecule is Cl.O=C(Nn1c(=O)c(-c2ccccc2Cl)cc2cnc(NC3CCOCC3)nc21)N1CCOCC1. The van der Waals surface area contributed by atoms with Crippen LogP contribution in [0, 0.1) is 0 Å². The van der Waals surface area contributed by atoms with Crippen LogP contribution in [0.5, 0.6) is 0 Å². The van der Waals surface area contributed by atoms with Gasteiger partial charge in [-0.15, -0.1) is 12.4 Å². The molecule has 2 aliphatic heterocycles. The highest BCUT2D eigenvalue weighted by molar-refractivity contribution is 6.33. The minimum absolute atomic E-state index is 0. The lowest BCUT2D eigenvalue weighted by Gasteiger charge is -2.27. The summed E-state index contributed by atoms with van der Waals surface area (Å²) in [4.78, 5) is 37.2. The first-order chi connectivity index (χ1) is 16.6. The number of ether oxygens (including phenoxy) is 2. The van der Waals surface area contributed by atoms with Crippen LogP contribution in [0.25, 0.3) is 22.2 Å². The molecular formula is C23H26Cl2N6O4. The molecule has 2 saturated heterocycles. The van der Waals surface area contributed by atoms with Crippen LogP contribution in [-0.2, 0) is 9.47 Å². The average Bonchev–Trinajstić information content (AvgIpc) is 2.87. The van der Waals surface area contributed by atoms with Gasteiger partial charge in [-0.3, -0.25) is 4.79 Å². The molecule has 0 aliphatic carbocycles. The maximum absolute atomic E-state index is 13.6. The molecule has 1 aromatic carbocycles. The number of rotatable bonds is 4. The zero-order chi connectivity index (χ0) is 23.5. The van der Waals surface area contributed by atoms with E-state index in [0.717, 1.165) is 12.8 Å². The van der Waals surface area contributed by atoms with Crippen molar-refractivity contribution in [3.63, 3.8) is 0 Å². The molecule has 0 unspecified atom stereocenters. The van der Waals surface area contributed by atoms with E-state index < -0.39 is 11.6 Å². The van der Waals surface area contributed by atoms with Crippen LogP contribution in [0.15, 0.2) is 41.3 Å². The van der Waals surface area contributed by atoms with E-state index in [1.54, 1.807) is 41.4 Å². The standard InChI is InChI=1S/C23H25ClN6O4.ClH/c24-19-4-2-1-3-17(19)18-13-15-14-25-22(26-16-5-9-33-10-6-16)27-20(15)30(21(18)31)28-23(32)29-7-11-34-12-8-29;/h1-4,13-14,16H,5-12H2,(H,28,32)(H,25,26,27);1H. The molecular weight excluding hydrogens is 495 g/mol. The van der Waals surface area contributed by atoms with E-state index in [0.29, 0.717) is 72.6 Å². The fraction of sp³-hybridized carbons (Fsp3) is 0.391. The number of carbonyl (C=O) groups is 1. The molecule has 2 N–H and O–H groups in total. The van der Waals surface area contributed by atoms with Gasteiger partial charge in [0.1, 0.15) is 0 Å². The second kappa shape index (κ2) is 11.2. The molecule has 35 heavy (non-hydrogen) atoms. The van der Waals surface area contributed by atoms with E-state index in [1.807, 2.05) is 0 Å². The highest BCUT2D eigenvalue weighted by Gasteiger charge is 2.22. The zero-order valence-electron chi connectivity index (χ0n) is 18.9. The van der Waals surface area contributed by atoms with Crippen molar-refractivity contribution in [2.75, 3.05) is 50.3 Å². The van der Waals surface area contributed by atoms with Gasteiger partial charge < -0.3 is 19.7 Å². The Bertz CT molecular complexity index is 1260. The summed E-state index contributed by atoms with van der Waals surface area (Å²) in [5.41, 5.74) is 3.51. The van der Waals surface area contributed by atoms with E-state index in [-0.39, 0.29) is 18.4 Å². The average molecular weight is 521 g/mol. The predicted octanol–water partition coefficient (Wildman–Crippen LogP) is 3.12. The quantitative estimate of drug-likeness (QED) is 0.543. The van der Waals surface area contributed by atoms with Crippen molar-refractivity contribution >= 4 is 47.0 Å². The molecule has 4 heterocycles. The molecule has 2 aromatic heterocycles. The number of amides is 2. The van der Waals surface area contributed by atoms with Gasteiger partial charge in [0, 0.05) is 54.5 Å². The fourth-order valence-electron chi connectivity index (χ4n) is 4.10. The Labute approximate surface area is 213 Å². The van der Waals surface area contributed by atoms with Gasteiger partial charge in [-0.1, -0.05) is 29.8 Å². The summed E-state index contributed by atoms with van der Waals surface area (Å²) < 4.78 is 11.9. The van der Waals surface area contributed by atoms with Gasteiger partial charge in [-0.05, 0) is 25.0 Å². The van der Waals surface area contributed by atoms with Crippen molar-refractivity contribution in [2.24, 2.45) is 0 Å². The number of hydrogen-bond donors (Lipinski definition) is 2. The monoisotopic (exact) mass is 520 g/mol. The van der Waals surface area contributed by atoms with Crippen molar-refractivity contribution in [3.8, 4) is 11.1 Å². The van der Waals surface area contributed by atoms with Gasteiger partial charge in [0.05, 0.1) is 18.8 Å². The van der Waals surface area contributed by atoms with Crippen LogP contribution < -0.4 is 16.3 Å². The minimum atomic E-state index is -0.432. The Kier molecular flexibility index (Phi) is 8.07. The summed E-state index contributed by atoms with van der Waals surface area (Å²) in [5, 5.41) is 4.34. The van der Waals surface area contributed by atoms with Crippen LogP contribution in [0.4, 0.5) is 10.7 Å². The van der Waals surface area contributed by atoms with Gasteiger partial charge in [-0.25, -0.2) is 15.2 Å². The Hall–Kier alpha value is -2.92. The highest BCUT2D eigenvalue weighted by Crippen LogP contribution is 2.27. The van der Waals surface area contributed by atoms with E-state index >= 15 is 0 Å². The molecule has 2 fully saturated rings. The molecule has 0 radical (unpaired) electrons. The number of nitrogens with zero attached hydrogens (tertiary/aromatic N) is 4. The van der Waals surface area contributed by atoms with Crippen molar-refractivity contribution < 1.29 is 14.3 Å². The minimum Gasteiger partial charge on any atom is -0.381 e. The van der Waals surface area contributed by atoms with E-state index in [2.05, 4.69) is 20.7 Å². The fourth-order valence-corrected chi connectivity index (χ4v) is 4.34. The number of halogens is 2. The molecule has 2 amide bonds.